The maximum atomic E-state index is 12.1. The molecule has 1 amide bonds. The van der Waals surface area contributed by atoms with Crippen molar-refractivity contribution in [1.29, 1.82) is 5.26 Å². The summed E-state index contributed by atoms with van der Waals surface area (Å²) in [5.41, 5.74) is 4.55. The molecule has 0 saturated heterocycles. The van der Waals surface area contributed by atoms with Crippen LogP contribution in [0.4, 0.5) is 5.69 Å². The van der Waals surface area contributed by atoms with Crippen LogP contribution in [-0.4, -0.2) is 15.5 Å². The summed E-state index contributed by atoms with van der Waals surface area (Å²) in [6.07, 6.45) is 0. The van der Waals surface area contributed by atoms with Gasteiger partial charge in [0.05, 0.1) is 11.6 Å². The van der Waals surface area contributed by atoms with E-state index in [0.717, 1.165) is 33.9 Å². The molecule has 0 aliphatic rings. The van der Waals surface area contributed by atoms with Crippen molar-refractivity contribution >= 4 is 23.1 Å². The van der Waals surface area contributed by atoms with Crippen LogP contribution in [0.5, 0.6) is 0 Å². The van der Waals surface area contributed by atoms with Crippen molar-refractivity contribution in [3.05, 3.63) is 64.7 Å². The molecule has 0 bridgehead atoms. The summed E-state index contributed by atoms with van der Waals surface area (Å²) in [5.74, 6) is -0.279. The van der Waals surface area contributed by atoms with Crippen LogP contribution in [0, 0.1) is 18.3 Å². The second kappa shape index (κ2) is 6.38. The van der Waals surface area contributed by atoms with E-state index in [9.17, 15) is 4.79 Å². The van der Waals surface area contributed by atoms with E-state index in [1.54, 1.807) is 17.5 Å². The lowest BCUT2D eigenvalue weighted by Gasteiger charge is -2.10. The molecule has 3 rings (SSSR count). The van der Waals surface area contributed by atoms with Crippen LogP contribution in [0.1, 0.15) is 21.6 Å². The number of anilines is 1. The SMILES string of the molecule is Cc1ccc(-c2ccc(C#N)cc2)cc1NC(=O)c1csnn1. The zero-order valence-electron chi connectivity index (χ0n) is 12.3. The van der Waals surface area contributed by atoms with Gasteiger partial charge in [0.2, 0.25) is 0 Å². The standard InChI is InChI=1S/C17H12N4OS/c1-11-2-5-14(13-6-3-12(9-18)4-7-13)8-15(11)19-17(22)16-10-23-21-20-16/h2-8,10H,1H3,(H,19,22). The second-order valence-electron chi connectivity index (χ2n) is 4.96. The Labute approximate surface area is 137 Å². The average molecular weight is 320 g/mol. The Morgan fingerprint density at radius 2 is 1.91 bits per heavy atom. The van der Waals surface area contributed by atoms with E-state index in [4.69, 9.17) is 5.26 Å². The van der Waals surface area contributed by atoms with Crippen molar-refractivity contribution in [2.75, 3.05) is 5.32 Å². The average Bonchev–Trinajstić information content (AvgIpc) is 3.11. The molecule has 0 aliphatic carbocycles. The van der Waals surface area contributed by atoms with Gasteiger partial charge in [0.15, 0.2) is 5.69 Å². The highest BCUT2D eigenvalue weighted by Gasteiger charge is 2.11. The Bertz CT molecular complexity index is 880. The van der Waals surface area contributed by atoms with Gasteiger partial charge in [-0.25, -0.2) is 0 Å². The molecule has 1 aromatic heterocycles. The van der Waals surface area contributed by atoms with E-state index < -0.39 is 0 Å². The van der Waals surface area contributed by atoms with Crippen LogP contribution in [0.3, 0.4) is 0 Å². The summed E-state index contributed by atoms with van der Waals surface area (Å²) in [6, 6.07) is 15.3. The van der Waals surface area contributed by atoms with Crippen LogP contribution in [-0.2, 0) is 0 Å². The van der Waals surface area contributed by atoms with Crippen LogP contribution < -0.4 is 5.32 Å². The molecule has 0 spiro atoms. The summed E-state index contributed by atoms with van der Waals surface area (Å²) in [7, 11) is 0. The minimum atomic E-state index is -0.279. The van der Waals surface area contributed by atoms with Crippen molar-refractivity contribution in [3.8, 4) is 17.2 Å². The van der Waals surface area contributed by atoms with Crippen LogP contribution >= 0.6 is 11.5 Å². The van der Waals surface area contributed by atoms with Crippen molar-refractivity contribution in [2.24, 2.45) is 0 Å². The first kappa shape index (κ1) is 14.9. The molecule has 6 heteroatoms. The van der Waals surface area contributed by atoms with Crippen molar-refractivity contribution in [1.82, 2.24) is 9.59 Å². The molecule has 1 heterocycles. The van der Waals surface area contributed by atoms with E-state index >= 15 is 0 Å². The van der Waals surface area contributed by atoms with Gasteiger partial charge in [-0.2, -0.15) is 5.26 Å². The lowest BCUT2D eigenvalue weighted by molar-refractivity contribution is 0.102. The molecule has 5 nitrogen and oxygen atoms in total. The molecule has 112 valence electrons. The highest BCUT2D eigenvalue weighted by molar-refractivity contribution is 7.03. The van der Waals surface area contributed by atoms with Gasteiger partial charge in [-0.1, -0.05) is 28.8 Å². The summed E-state index contributed by atoms with van der Waals surface area (Å²) < 4.78 is 3.69. The molecule has 0 saturated carbocycles. The highest BCUT2D eigenvalue weighted by atomic mass is 32.1. The molecular weight excluding hydrogens is 308 g/mol. The number of amides is 1. The molecule has 23 heavy (non-hydrogen) atoms. The summed E-state index contributed by atoms with van der Waals surface area (Å²) in [5, 5.41) is 17.1. The lowest BCUT2D eigenvalue weighted by Crippen LogP contribution is -2.13. The van der Waals surface area contributed by atoms with Gasteiger partial charge in [-0.05, 0) is 53.3 Å². The van der Waals surface area contributed by atoms with Gasteiger partial charge in [0, 0.05) is 11.1 Å². The molecule has 1 N–H and O–H groups in total. The molecule has 3 aromatic rings. The molecule has 0 radical (unpaired) electrons. The van der Waals surface area contributed by atoms with Gasteiger partial charge < -0.3 is 5.32 Å². The third-order valence-corrected chi connectivity index (χ3v) is 3.93. The number of hydrogen-bond donors (Lipinski definition) is 1. The molecule has 0 unspecified atom stereocenters. The summed E-state index contributed by atoms with van der Waals surface area (Å²) in [6.45, 7) is 1.93. The monoisotopic (exact) mass is 320 g/mol. The first-order valence-corrected chi connectivity index (χ1v) is 7.70. The van der Waals surface area contributed by atoms with E-state index in [0.29, 0.717) is 11.3 Å². The van der Waals surface area contributed by atoms with E-state index in [1.165, 1.54) is 0 Å². The number of aromatic nitrogens is 2. The minimum Gasteiger partial charge on any atom is -0.320 e. The normalized spacial score (nSPS) is 10.1. The highest BCUT2D eigenvalue weighted by Crippen LogP contribution is 2.26. The van der Waals surface area contributed by atoms with Crippen LogP contribution in [0.15, 0.2) is 47.8 Å². The lowest BCUT2D eigenvalue weighted by atomic mass is 10.0. The number of aryl methyl sites for hydroxylation is 1. The number of nitriles is 1. The fourth-order valence-corrected chi connectivity index (χ4v) is 2.56. The Kier molecular flexibility index (Phi) is 4.13. The summed E-state index contributed by atoms with van der Waals surface area (Å²) >= 11 is 1.14. The maximum absolute atomic E-state index is 12.1. The van der Waals surface area contributed by atoms with Gasteiger partial charge >= 0.3 is 0 Å². The second-order valence-corrected chi connectivity index (χ2v) is 5.57. The first-order chi connectivity index (χ1) is 11.2. The Morgan fingerprint density at radius 1 is 1.17 bits per heavy atom. The van der Waals surface area contributed by atoms with E-state index in [1.807, 2.05) is 37.3 Å². The number of carbonyl (C=O) groups is 1. The fraction of sp³-hybridized carbons (Fsp3) is 0.0588. The third-order valence-electron chi connectivity index (χ3n) is 3.43. The molecule has 0 aliphatic heterocycles. The Balaban J connectivity index is 1.89. The number of hydrogen-bond acceptors (Lipinski definition) is 5. The number of nitrogens with one attached hydrogen (secondary N) is 1. The van der Waals surface area contributed by atoms with Gasteiger partial charge in [-0.3, -0.25) is 4.79 Å². The van der Waals surface area contributed by atoms with Gasteiger partial charge in [0.25, 0.3) is 5.91 Å². The molecule has 0 atom stereocenters. The quantitative estimate of drug-likeness (QED) is 0.799. The fourth-order valence-electron chi connectivity index (χ4n) is 2.12. The third kappa shape index (κ3) is 3.25. The predicted molar refractivity (Wildman–Crippen MR) is 89.2 cm³/mol. The Morgan fingerprint density at radius 3 is 2.57 bits per heavy atom. The molecule has 0 fully saturated rings. The molecular formula is C17H12N4OS. The minimum absolute atomic E-state index is 0.279. The topological polar surface area (TPSA) is 78.7 Å². The van der Waals surface area contributed by atoms with E-state index in [-0.39, 0.29) is 5.91 Å². The van der Waals surface area contributed by atoms with Crippen molar-refractivity contribution < 1.29 is 4.79 Å². The van der Waals surface area contributed by atoms with Crippen LogP contribution in [0.2, 0.25) is 0 Å². The first-order valence-electron chi connectivity index (χ1n) is 6.87. The number of carbonyl (C=O) groups excluding carboxylic acids is 1. The summed E-state index contributed by atoms with van der Waals surface area (Å²) in [4.78, 5) is 12.1. The van der Waals surface area contributed by atoms with Crippen molar-refractivity contribution in [2.45, 2.75) is 6.92 Å². The smallest absolute Gasteiger partial charge is 0.277 e. The zero-order valence-corrected chi connectivity index (χ0v) is 13.1. The predicted octanol–water partition coefficient (Wildman–Crippen LogP) is 3.64. The van der Waals surface area contributed by atoms with Crippen LogP contribution in [0.25, 0.3) is 11.1 Å². The Hall–Kier alpha value is -3.04. The maximum Gasteiger partial charge on any atom is 0.277 e. The zero-order chi connectivity index (χ0) is 16.2. The van der Waals surface area contributed by atoms with Crippen molar-refractivity contribution in [3.63, 3.8) is 0 Å². The molecule has 2 aromatic carbocycles. The van der Waals surface area contributed by atoms with Gasteiger partial charge in [-0.15, -0.1) is 5.10 Å². The number of benzene rings is 2. The van der Waals surface area contributed by atoms with E-state index in [2.05, 4.69) is 21.0 Å². The largest absolute Gasteiger partial charge is 0.320 e. The number of nitrogens with zero attached hydrogens (tertiary/aromatic N) is 3. The number of rotatable bonds is 3. The van der Waals surface area contributed by atoms with Gasteiger partial charge in [0.1, 0.15) is 0 Å².